The molecule has 23 heavy (non-hydrogen) atoms. The highest BCUT2D eigenvalue weighted by Gasteiger charge is 2.03. The van der Waals surface area contributed by atoms with Crippen LogP contribution in [0.4, 0.5) is 0 Å². The minimum Gasteiger partial charge on any atom is -0.484 e. The Bertz CT molecular complexity index is 816. The second kappa shape index (κ2) is 7.28. The van der Waals surface area contributed by atoms with E-state index in [-0.39, 0.29) is 12.5 Å². The summed E-state index contributed by atoms with van der Waals surface area (Å²) in [6, 6.07) is 13.8. The Hall–Kier alpha value is -2.34. The van der Waals surface area contributed by atoms with Crippen LogP contribution in [0.5, 0.6) is 5.75 Å². The zero-order chi connectivity index (χ0) is 16.1. The molecule has 3 rings (SSSR count). The monoisotopic (exact) mass is 373 g/mol. The number of nitrogens with zero attached hydrogens (tertiary/aromatic N) is 2. The fraction of sp³-hybridized carbons (Fsp3) is 0.176. The van der Waals surface area contributed by atoms with Crippen molar-refractivity contribution < 1.29 is 9.53 Å². The summed E-state index contributed by atoms with van der Waals surface area (Å²) < 4.78 is 8.22. The molecule has 2 aromatic carbocycles. The Labute approximate surface area is 142 Å². The molecular weight excluding hydrogens is 358 g/mol. The summed E-state index contributed by atoms with van der Waals surface area (Å²) in [5, 5.41) is 9.17. The molecule has 0 bridgehead atoms. The first kappa shape index (κ1) is 15.6. The van der Waals surface area contributed by atoms with Gasteiger partial charge in [0.15, 0.2) is 6.61 Å². The van der Waals surface area contributed by atoms with Crippen molar-refractivity contribution in [2.24, 2.45) is 0 Å². The molecule has 0 atom stereocenters. The summed E-state index contributed by atoms with van der Waals surface area (Å²) >= 11 is 3.33. The SMILES string of the molecule is O=C(COc1ccc2ccccc2c1)NCCn1cc(Br)cn1. The maximum absolute atomic E-state index is 11.8. The van der Waals surface area contributed by atoms with E-state index in [2.05, 4.69) is 26.3 Å². The third kappa shape index (κ3) is 4.32. The Morgan fingerprint density at radius 2 is 2.04 bits per heavy atom. The average Bonchev–Trinajstić information content (AvgIpc) is 2.98. The van der Waals surface area contributed by atoms with Crippen LogP contribution in [0, 0.1) is 0 Å². The van der Waals surface area contributed by atoms with Crippen molar-refractivity contribution in [2.45, 2.75) is 6.54 Å². The molecule has 5 nitrogen and oxygen atoms in total. The number of amides is 1. The van der Waals surface area contributed by atoms with E-state index in [0.29, 0.717) is 18.8 Å². The predicted molar refractivity (Wildman–Crippen MR) is 92.4 cm³/mol. The molecule has 1 heterocycles. The topological polar surface area (TPSA) is 56.1 Å². The lowest BCUT2D eigenvalue weighted by molar-refractivity contribution is -0.123. The second-order valence-corrected chi connectivity index (χ2v) is 5.98. The minimum atomic E-state index is -0.149. The third-order valence-corrected chi connectivity index (χ3v) is 3.77. The van der Waals surface area contributed by atoms with E-state index in [0.717, 1.165) is 15.2 Å². The quantitative estimate of drug-likeness (QED) is 0.722. The Morgan fingerprint density at radius 1 is 1.22 bits per heavy atom. The van der Waals surface area contributed by atoms with E-state index in [1.54, 1.807) is 10.9 Å². The highest BCUT2D eigenvalue weighted by atomic mass is 79.9. The summed E-state index contributed by atoms with van der Waals surface area (Å²) in [5.74, 6) is 0.541. The fourth-order valence-corrected chi connectivity index (χ4v) is 2.56. The Morgan fingerprint density at radius 3 is 2.83 bits per heavy atom. The number of halogens is 1. The molecule has 0 radical (unpaired) electrons. The lowest BCUT2D eigenvalue weighted by atomic mass is 10.1. The molecule has 0 saturated heterocycles. The maximum Gasteiger partial charge on any atom is 0.258 e. The summed E-state index contributed by atoms with van der Waals surface area (Å²) in [4.78, 5) is 11.8. The molecule has 0 aliphatic carbocycles. The third-order valence-electron chi connectivity index (χ3n) is 3.36. The van der Waals surface area contributed by atoms with Gasteiger partial charge in [0, 0.05) is 12.7 Å². The lowest BCUT2D eigenvalue weighted by Crippen LogP contribution is -2.31. The van der Waals surface area contributed by atoms with Gasteiger partial charge >= 0.3 is 0 Å². The van der Waals surface area contributed by atoms with Crippen molar-refractivity contribution in [1.82, 2.24) is 15.1 Å². The largest absolute Gasteiger partial charge is 0.484 e. The molecule has 0 unspecified atom stereocenters. The van der Waals surface area contributed by atoms with Gasteiger partial charge in [-0.2, -0.15) is 5.10 Å². The minimum absolute atomic E-state index is 0.00113. The molecule has 0 fully saturated rings. The van der Waals surface area contributed by atoms with Gasteiger partial charge in [-0.1, -0.05) is 30.3 Å². The Kier molecular flexibility index (Phi) is 4.92. The van der Waals surface area contributed by atoms with Crippen molar-refractivity contribution in [3.8, 4) is 5.75 Å². The highest BCUT2D eigenvalue weighted by molar-refractivity contribution is 9.10. The molecule has 6 heteroatoms. The summed E-state index contributed by atoms with van der Waals surface area (Å²) in [6.07, 6.45) is 3.57. The van der Waals surface area contributed by atoms with E-state index in [9.17, 15) is 4.79 Å². The van der Waals surface area contributed by atoms with E-state index in [1.807, 2.05) is 48.7 Å². The number of carbonyl (C=O) groups is 1. The standard InChI is InChI=1S/C17H16BrN3O2/c18-15-10-20-21(11-15)8-7-19-17(22)12-23-16-6-5-13-3-1-2-4-14(13)9-16/h1-6,9-11H,7-8,12H2,(H,19,22). The number of aromatic nitrogens is 2. The molecule has 1 N–H and O–H groups in total. The molecule has 0 spiro atoms. The average molecular weight is 374 g/mol. The van der Waals surface area contributed by atoms with Crippen LogP contribution >= 0.6 is 15.9 Å². The highest BCUT2D eigenvalue weighted by Crippen LogP contribution is 2.20. The number of nitrogens with one attached hydrogen (secondary N) is 1. The predicted octanol–water partition coefficient (Wildman–Crippen LogP) is 2.99. The number of benzene rings is 2. The molecule has 0 saturated carbocycles. The normalized spacial score (nSPS) is 10.7. The van der Waals surface area contributed by atoms with Crippen LogP contribution < -0.4 is 10.1 Å². The summed E-state index contributed by atoms with van der Waals surface area (Å²) in [5.41, 5.74) is 0. The van der Waals surface area contributed by atoms with Gasteiger partial charge in [-0.15, -0.1) is 0 Å². The number of fused-ring (bicyclic) bond motifs is 1. The van der Waals surface area contributed by atoms with Crippen molar-refractivity contribution in [2.75, 3.05) is 13.2 Å². The van der Waals surface area contributed by atoms with Gasteiger partial charge in [0.25, 0.3) is 5.91 Å². The first-order chi connectivity index (χ1) is 11.2. The molecule has 0 aliphatic heterocycles. The molecule has 3 aromatic rings. The van der Waals surface area contributed by atoms with E-state index < -0.39 is 0 Å². The number of carbonyl (C=O) groups excluding carboxylic acids is 1. The van der Waals surface area contributed by atoms with E-state index in [4.69, 9.17) is 4.74 Å². The smallest absolute Gasteiger partial charge is 0.258 e. The van der Waals surface area contributed by atoms with Crippen LogP contribution in [0.25, 0.3) is 10.8 Å². The number of rotatable bonds is 6. The summed E-state index contributed by atoms with van der Waals surface area (Å²) in [7, 11) is 0. The van der Waals surface area contributed by atoms with Gasteiger partial charge in [-0.05, 0) is 38.8 Å². The maximum atomic E-state index is 11.8. The molecular formula is C17H16BrN3O2. The second-order valence-electron chi connectivity index (χ2n) is 5.07. The van der Waals surface area contributed by atoms with Crippen molar-refractivity contribution in [3.63, 3.8) is 0 Å². The fourth-order valence-electron chi connectivity index (χ4n) is 2.23. The summed E-state index contributed by atoms with van der Waals surface area (Å²) in [6.45, 7) is 1.13. The van der Waals surface area contributed by atoms with Gasteiger partial charge in [-0.3, -0.25) is 9.48 Å². The van der Waals surface area contributed by atoms with Crippen LogP contribution in [0.1, 0.15) is 0 Å². The molecule has 0 aliphatic rings. The zero-order valence-electron chi connectivity index (χ0n) is 12.4. The van der Waals surface area contributed by atoms with Crippen LogP contribution in [0.15, 0.2) is 59.3 Å². The van der Waals surface area contributed by atoms with Gasteiger partial charge in [0.05, 0.1) is 17.2 Å². The number of ether oxygens (including phenoxy) is 1. The first-order valence-electron chi connectivity index (χ1n) is 7.27. The van der Waals surface area contributed by atoms with Crippen LogP contribution in [0.2, 0.25) is 0 Å². The van der Waals surface area contributed by atoms with Crippen molar-refractivity contribution in [1.29, 1.82) is 0 Å². The van der Waals surface area contributed by atoms with Crippen molar-refractivity contribution >= 4 is 32.6 Å². The van der Waals surface area contributed by atoms with Crippen molar-refractivity contribution in [3.05, 3.63) is 59.3 Å². The lowest BCUT2D eigenvalue weighted by Gasteiger charge is -2.08. The number of hydrogen-bond acceptors (Lipinski definition) is 3. The van der Waals surface area contributed by atoms with Crippen LogP contribution in [-0.2, 0) is 11.3 Å². The first-order valence-corrected chi connectivity index (χ1v) is 8.06. The van der Waals surface area contributed by atoms with Crippen LogP contribution in [-0.4, -0.2) is 28.8 Å². The molecule has 118 valence electrons. The molecule has 1 amide bonds. The van der Waals surface area contributed by atoms with E-state index in [1.165, 1.54) is 0 Å². The van der Waals surface area contributed by atoms with Crippen LogP contribution in [0.3, 0.4) is 0 Å². The van der Waals surface area contributed by atoms with Gasteiger partial charge < -0.3 is 10.1 Å². The molecule has 1 aromatic heterocycles. The zero-order valence-corrected chi connectivity index (χ0v) is 14.0. The van der Waals surface area contributed by atoms with Gasteiger partial charge in [0.2, 0.25) is 0 Å². The number of hydrogen-bond donors (Lipinski definition) is 1. The van der Waals surface area contributed by atoms with Gasteiger partial charge in [0.1, 0.15) is 5.75 Å². The Balaban J connectivity index is 1.46. The van der Waals surface area contributed by atoms with Gasteiger partial charge in [-0.25, -0.2) is 0 Å². The van der Waals surface area contributed by atoms with E-state index >= 15 is 0 Å².